The monoisotopic (exact) mass is 265 g/mol. The molecule has 0 unspecified atom stereocenters. The lowest BCUT2D eigenvalue weighted by Gasteiger charge is -2.00. The van der Waals surface area contributed by atoms with Crippen molar-refractivity contribution in [2.75, 3.05) is 0 Å². The summed E-state index contributed by atoms with van der Waals surface area (Å²) in [5.41, 5.74) is 2.16. The fourth-order valence-corrected chi connectivity index (χ4v) is 2.30. The van der Waals surface area contributed by atoms with Gasteiger partial charge >= 0.3 is 0 Å². The highest BCUT2D eigenvalue weighted by molar-refractivity contribution is 6.35. The number of rotatable bonds is 1. The highest BCUT2D eigenvalue weighted by Crippen LogP contribution is 2.23. The van der Waals surface area contributed by atoms with Crippen LogP contribution in [0.25, 0.3) is 10.9 Å². The van der Waals surface area contributed by atoms with Gasteiger partial charge in [0.2, 0.25) is 0 Å². The van der Waals surface area contributed by atoms with E-state index in [-0.39, 0.29) is 0 Å². The number of aromatic nitrogens is 1. The molecule has 1 heterocycles. The summed E-state index contributed by atoms with van der Waals surface area (Å²) in [6.45, 7) is 0.665. The smallest absolute Gasteiger partial charge is 0.0841 e. The van der Waals surface area contributed by atoms with Gasteiger partial charge in [-0.3, -0.25) is 0 Å². The van der Waals surface area contributed by atoms with Crippen molar-refractivity contribution in [1.82, 2.24) is 4.57 Å². The molecule has 0 amide bonds. The Balaban J connectivity index is 1.87. The van der Waals surface area contributed by atoms with E-state index in [1.54, 1.807) is 0 Å². The maximum absolute atomic E-state index is 6.15. The lowest BCUT2D eigenvalue weighted by molar-refractivity contribution is 0.886. The van der Waals surface area contributed by atoms with E-state index in [1.165, 1.54) is 0 Å². The average molecular weight is 266 g/mol. The van der Waals surface area contributed by atoms with Crippen molar-refractivity contribution in [2.24, 2.45) is 0 Å². The van der Waals surface area contributed by atoms with Crippen LogP contribution >= 0.6 is 11.6 Å². The SMILES string of the molecule is Clc1cccc2c1ccn2CC#Cc1ccccc1. The van der Waals surface area contributed by atoms with Crippen LogP contribution in [0.3, 0.4) is 0 Å². The second-order valence-corrected chi connectivity index (χ2v) is 4.69. The van der Waals surface area contributed by atoms with Gasteiger partial charge in [0.25, 0.3) is 0 Å². The third-order valence-corrected chi connectivity index (χ3v) is 3.35. The predicted octanol–water partition coefficient (Wildman–Crippen LogP) is 4.35. The summed E-state index contributed by atoms with van der Waals surface area (Å²) in [6, 6.07) is 18.0. The fraction of sp³-hybridized carbons (Fsp3) is 0.0588. The zero-order valence-corrected chi connectivity index (χ0v) is 11.1. The third-order valence-electron chi connectivity index (χ3n) is 3.02. The van der Waals surface area contributed by atoms with Gasteiger partial charge in [-0.15, -0.1) is 0 Å². The molecule has 19 heavy (non-hydrogen) atoms. The highest BCUT2D eigenvalue weighted by Gasteiger charge is 2.02. The van der Waals surface area contributed by atoms with Crippen molar-refractivity contribution in [1.29, 1.82) is 0 Å². The number of hydrogen-bond donors (Lipinski definition) is 0. The molecule has 3 aromatic rings. The Hall–Kier alpha value is -2.17. The van der Waals surface area contributed by atoms with Crippen molar-refractivity contribution in [3.63, 3.8) is 0 Å². The van der Waals surface area contributed by atoms with E-state index in [1.807, 2.05) is 54.7 Å². The lowest BCUT2D eigenvalue weighted by atomic mass is 10.2. The largest absolute Gasteiger partial charge is 0.336 e. The first-order chi connectivity index (χ1) is 9.34. The van der Waals surface area contributed by atoms with Crippen molar-refractivity contribution >= 4 is 22.5 Å². The molecule has 0 aliphatic heterocycles. The van der Waals surface area contributed by atoms with Crippen LogP contribution in [0.2, 0.25) is 5.02 Å². The van der Waals surface area contributed by atoms with E-state index < -0.39 is 0 Å². The first-order valence-corrected chi connectivity index (χ1v) is 6.50. The lowest BCUT2D eigenvalue weighted by Crippen LogP contribution is -1.92. The molecule has 2 aromatic carbocycles. The standard InChI is InChI=1S/C17H12ClN/c18-16-9-4-10-17-15(16)11-13-19(17)12-5-8-14-6-2-1-3-7-14/h1-4,6-7,9-11,13H,12H2. The minimum absolute atomic E-state index is 0.665. The molecule has 0 saturated heterocycles. The summed E-state index contributed by atoms with van der Waals surface area (Å²) in [5, 5.41) is 1.86. The van der Waals surface area contributed by atoms with Gasteiger partial charge < -0.3 is 4.57 Å². The summed E-state index contributed by atoms with van der Waals surface area (Å²) < 4.78 is 2.11. The molecule has 0 N–H and O–H groups in total. The maximum atomic E-state index is 6.15. The van der Waals surface area contributed by atoms with Gasteiger partial charge in [0, 0.05) is 22.2 Å². The molecule has 92 valence electrons. The van der Waals surface area contributed by atoms with Gasteiger partial charge in [-0.1, -0.05) is 47.7 Å². The first-order valence-electron chi connectivity index (χ1n) is 6.12. The molecule has 0 fully saturated rings. The molecule has 1 nitrogen and oxygen atoms in total. The van der Waals surface area contributed by atoms with Crippen molar-refractivity contribution < 1.29 is 0 Å². The van der Waals surface area contributed by atoms with Crippen LogP contribution in [0.15, 0.2) is 60.8 Å². The van der Waals surface area contributed by atoms with Crippen LogP contribution in [0.5, 0.6) is 0 Å². The zero-order valence-electron chi connectivity index (χ0n) is 10.3. The molecule has 3 rings (SSSR count). The normalized spacial score (nSPS) is 10.2. The van der Waals surface area contributed by atoms with Crippen molar-refractivity contribution in [3.05, 3.63) is 71.4 Å². The maximum Gasteiger partial charge on any atom is 0.0841 e. The second kappa shape index (κ2) is 5.22. The quantitative estimate of drug-likeness (QED) is 0.577. The van der Waals surface area contributed by atoms with E-state index in [2.05, 4.69) is 22.5 Å². The molecular formula is C17H12ClN. The third kappa shape index (κ3) is 2.50. The van der Waals surface area contributed by atoms with Crippen LogP contribution in [-0.4, -0.2) is 4.57 Å². The van der Waals surface area contributed by atoms with Crippen LogP contribution < -0.4 is 0 Å². The van der Waals surface area contributed by atoms with Crippen molar-refractivity contribution in [3.8, 4) is 11.8 Å². The Morgan fingerprint density at radius 3 is 2.63 bits per heavy atom. The zero-order chi connectivity index (χ0) is 13.1. The molecule has 0 bridgehead atoms. The molecular weight excluding hydrogens is 254 g/mol. The summed E-state index contributed by atoms with van der Waals surface area (Å²) in [4.78, 5) is 0. The summed E-state index contributed by atoms with van der Waals surface area (Å²) >= 11 is 6.15. The van der Waals surface area contributed by atoms with Gasteiger partial charge in [-0.2, -0.15) is 0 Å². The van der Waals surface area contributed by atoms with Crippen LogP contribution in [0.1, 0.15) is 5.56 Å². The van der Waals surface area contributed by atoms with E-state index in [0.717, 1.165) is 21.5 Å². The molecule has 0 spiro atoms. The molecule has 1 aromatic heterocycles. The number of benzene rings is 2. The van der Waals surface area contributed by atoms with E-state index in [4.69, 9.17) is 11.6 Å². The topological polar surface area (TPSA) is 4.93 Å². The predicted molar refractivity (Wildman–Crippen MR) is 80.3 cm³/mol. The Morgan fingerprint density at radius 2 is 1.79 bits per heavy atom. The van der Waals surface area contributed by atoms with Crippen LogP contribution in [-0.2, 0) is 6.54 Å². The van der Waals surface area contributed by atoms with Crippen LogP contribution in [0, 0.1) is 11.8 Å². The van der Waals surface area contributed by atoms with Gasteiger partial charge in [0.1, 0.15) is 0 Å². The summed E-state index contributed by atoms with van der Waals surface area (Å²) in [5.74, 6) is 6.34. The molecule has 0 saturated carbocycles. The number of nitrogens with zero attached hydrogens (tertiary/aromatic N) is 1. The summed E-state index contributed by atoms with van der Waals surface area (Å²) in [7, 11) is 0. The Bertz CT molecular complexity index is 760. The number of fused-ring (bicyclic) bond motifs is 1. The Morgan fingerprint density at radius 1 is 0.947 bits per heavy atom. The second-order valence-electron chi connectivity index (χ2n) is 4.28. The molecule has 0 radical (unpaired) electrons. The number of halogens is 1. The minimum atomic E-state index is 0.665. The molecule has 0 aliphatic rings. The van der Waals surface area contributed by atoms with E-state index in [0.29, 0.717) is 6.54 Å². The Labute approximate surface area is 117 Å². The summed E-state index contributed by atoms with van der Waals surface area (Å²) in [6.07, 6.45) is 2.02. The van der Waals surface area contributed by atoms with Gasteiger partial charge in [0.05, 0.1) is 12.1 Å². The first kappa shape index (κ1) is 11.9. The minimum Gasteiger partial charge on any atom is -0.336 e. The molecule has 2 heteroatoms. The van der Waals surface area contributed by atoms with Crippen molar-refractivity contribution in [2.45, 2.75) is 6.54 Å². The molecule has 0 atom stereocenters. The van der Waals surface area contributed by atoms with E-state index >= 15 is 0 Å². The number of hydrogen-bond acceptors (Lipinski definition) is 0. The van der Waals surface area contributed by atoms with Crippen LogP contribution in [0.4, 0.5) is 0 Å². The Kier molecular flexibility index (Phi) is 3.27. The van der Waals surface area contributed by atoms with Gasteiger partial charge in [-0.25, -0.2) is 0 Å². The van der Waals surface area contributed by atoms with E-state index in [9.17, 15) is 0 Å². The average Bonchev–Trinajstić information content (AvgIpc) is 2.85. The molecule has 0 aliphatic carbocycles. The fourth-order valence-electron chi connectivity index (χ4n) is 2.07. The van der Waals surface area contributed by atoms with Gasteiger partial charge in [-0.05, 0) is 30.3 Å². The van der Waals surface area contributed by atoms with Gasteiger partial charge in [0.15, 0.2) is 0 Å². The highest BCUT2D eigenvalue weighted by atomic mass is 35.5.